The molecule has 0 radical (unpaired) electrons. The summed E-state index contributed by atoms with van der Waals surface area (Å²) in [4.78, 5) is 33.3. The molecule has 2 fully saturated rings. The molecule has 2 unspecified atom stereocenters. The summed E-state index contributed by atoms with van der Waals surface area (Å²) >= 11 is 0. The first kappa shape index (κ1) is 27.9. The number of anilines is 1. The van der Waals surface area contributed by atoms with Gasteiger partial charge in [-0.3, -0.25) is 9.78 Å². The van der Waals surface area contributed by atoms with E-state index >= 15 is 0 Å². The van der Waals surface area contributed by atoms with Crippen LogP contribution in [0, 0.1) is 17.8 Å². The number of benzene rings is 1. The van der Waals surface area contributed by atoms with E-state index in [1.165, 1.54) is 44.9 Å². The zero-order valence-electron chi connectivity index (χ0n) is 23.1. The van der Waals surface area contributed by atoms with E-state index in [9.17, 15) is 9.59 Å². The predicted molar refractivity (Wildman–Crippen MR) is 151 cm³/mol. The number of amides is 3. The van der Waals surface area contributed by atoms with Gasteiger partial charge in [-0.05, 0) is 67.3 Å². The van der Waals surface area contributed by atoms with Gasteiger partial charge in [0.1, 0.15) is 5.75 Å². The molecule has 2 aromatic rings. The third-order valence-electron chi connectivity index (χ3n) is 8.36. The van der Waals surface area contributed by atoms with Crippen LogP contribution in [-0.2, 0) is 0 Å². The molecular weight excluding hydrogens is 476 g/mol. The number of aromatic nitrogens is 1. The Bertz CT molecular complexity index is 1020. The largest absolute Gasteiger partial charge is 0.494 e. The SMILES string of the molecule is CCC(CC)CC1CCCC(CCOc2cccc(C(=O)N3CCN(C(=O)Nc4cccnc4)CC3)c2)C1. The lowest BCUT2D eigenvalue weighted by Crippen LogP contribution is -2.51. The highest BCUT2D eigenvalue weighted by Crippen LogP contribution is 2.36. The second kappa shape index (κ2) is 14.2. The van der Waals surface area contributed by atoms with Gasteiger partial charge in [-0.2, -0.15) is 0 Å². The highest BCUT2D eigenvalue weighted by atomic mass is 16.5. The summed E-state index contributed by atoms with van der Waals surface area (Å²) in [6.07, 6.45) is 13.7. The zero-order chi connectivity index (χ0) is 26.7. The Morgan fingerprint density at radius 2 is 1.79 bits per heavy atom. The fourth-order valence-electron chi connectivity index (χ4n) is 5.97. The second-order valence-corrected chi connectivity index (χ2v) is 10.9. The van der Waals surface area contributed by atoms with E-state index in [1.54, 1.807) is 29.4 Å². The van der Waals surface area contributed by atoms with Crippen molar-refractivity contribution in [3.63, 3.8) is 0 Å². The van der Waals surface area contributed by atoms with Gasteiger partial charge < -0.3 is 19.9 Å². The number of nitrogens with one attached hydrogen (secondary N) is 1. The maximum atomic E-state index is 13.2. The lowest BCUT2D eigenvalue weighted by molar-refractivity contribution is 0.0671. The number of hydrogen-bond donors (Lipinski definition) is 1. The molecule has 1 saturated carbocycles. The molecule has 1 N–H and O–H groups in total. The maximum Gasteiger partial charge on any atom is 0.322 e. The Kier molecular flexibility index (Phi) is 10.4. The molecule has 4 rings (SSSR count). The van der Waals surface area contributed by atoms with Crippen molar-refractivity contribution >= 4 is 17.6 Å². The van der Waals surface area contributed by atoms with Crippen molar-refractivity contribution in [1.29, 1.82) is 0 Å². The number of carbonyl (C=O) groups excluding carboxylic acids is 2. The minimum absolute atomic E-state index is 0.0145. The summed E-state index contributed by atoms with van der Waals surface area (Å²) in [5.41, 5.74) is 1.30. The number of piperazine rings is 1. The topological polar surface area (TPSA) is 74.8 Å². The molecule has 206 valence electrons. The van der Waals surface area contributed by atoms with Crippen LogP contribution in [0.1, 0.15) is 75.6 Å². The van der Waals surface area contributed by atoms with Crippen molar-refractivity contribution in [2.24, 2.45) is 17.8 Å². The average Bonchev–Trinajstić information content (AvgIpc) is 2.96. The van der Waals surface area contributed by atoms with E-state index < -0.39 is 0 Å². The van der Waals surface area contributed by atoms with Crippen molar-refractivity contribution in [3.8, 4) is 5.75 Å². The first-order valence-electron chi connectivity index (χ1n) is 14.5. The predicted octanol–water partition coefficient (Wildman–Crippen LogP) is 6.47. The van der Waals surface area contributed by atoms with E-state index in [1.807, 2.05) is 29.2 Å². The molecule has 2 heterocycles. The Morgan fingerprint density at radius 3 is 2.53 bits per heavy atom. The summed E-state index contributed by atoms with van der Waals surface area (Å²) in [5, 5.41) is 2.86. The molecule has 3 amide bonds. The zero-order valence-corrected chi connectivity index (χ0v) is 23.1. The first-order chi connectivity index (χ1) is 18.6. The first-order valence-corrected chi connectivity index (χ1v) is 14.5. The molecule has 1 aliphatic carbocycles. The number of carbonyl (C=O) groups is 2. The van der Waals surface area contributed by atoms with Crippen LogP contribution in [0.4, 0.5) is 10.5 Å². The van der Waals surface area contributed by atoms with Gasteiger partial charge in [0.05, 0.1) is 18.5 Å². The quantitative estimate of drug-likeness (QED) is 0.389. The smallest absolute Gasteiger partial charge is 0.322 e. The molecule has 1 aromatic heterocycles. The normalized spacial score (nSPS) is 19.9. The van der Waals surface area contributed by atoms with Crippen molar-refractivity contribution in [2.45, 2.75) is 65.2 Å². The summed E-state index contributed by atoms with van der Waals surface area (Å²) in [6.45, 7) is 7.34. The van der Waals surface area contributed by atoms with Crippen LogP contribution in [0.2, 0.25) is 0 Å². The number of pyridine rings is 1. The summed E-state index contributed by atoms with van der Waals surface area (Å²) in [6, 6.07) is 11.0. The number of nitrogens with zero attached hydrogens (tertiary/aromatic N) is 3. The van der Waals surface area contributed by atoms with Gasteiger partial charge in [-0.25, -0.2) is 4.79 Å². The Morgan fingerprint density at radius 1 is 1.03 bits per heavy atom. The highest BCUT2D eigenvalue weighted by molar-refractivity contribution is 5.95. The van der Waals surface area contributed by atoms with Gasteiger partial charge >= 0.3 is 6.03 Å². The van der Waals surface area contributed by atoms with E-state index in [4.69, 9.17) is 4.74 Å². The van der Waals surface area contributed by atoms with E-state index in [2.05, 4.69) is 24.1 Å². The molecule has 1 saturated heterocycles. The number of ether oxygens (including phenoxy) is 1. The van der Waals surface area contributed by atoms with Crippen molar-refractivity contribution in [3.05, 3.63) is 54.4 Å². The lowest BCUT2D eigenvalue weighted by Gasteiger charge is -2.34. The van der Waals surface area contributed by atoms with Crippen molar-refractivity contribution in [1.82, 2.24) is 14.8 Å². The van der Waals surface area contributed by atoms with Crippen LogP contribution in [0.5, 0.6) is 5.75 Å². The molecule has 7 heteroatoms. The molecule has 0 spiro atoms. The van der Waals surface area contributed by atoms with Crippen LogP contribution in [-0.4, -0.2) is 59.5 Å². The number of rotatable bonds is 10. The summed E-state index contributed by atoms with van der Waals surface area (Å²) < 4.78 is 6.11. The number of urea groups is 1. The van der Waals surface area contributed by atoms with Crippen LogP contribution in [0.3, 0.4) is 0 Å². The van der Waals surface area contributed by atoms with Gasteiger partial charge in [0.15, 0.2) is 0 Å². The van der Waals surface area contributed by atoms with Gasteiger partial charge in [0.2, 0.25) is 0 Å². The van der Waals surface area contributed by atoms with Crippen LogP contribution >= 0.6 is 0 Å². The molecular formula is C31H44N4O3. The van der Waals surface area contributed by atoms with Gasteiger partial charge in [-0.15, -0.1) is 0 Å². The Balaban J connectivity index is 1.21. The van der Waals surface area contributed by atoms with Gasteiger partial charge in [0.25, 0.3) is 5.91 Å². The highest BCUT2D eigenvalue weighted by Gasteiger charge is 2.26. The minimum Gasteiger partial charge on any atom is -0.494 e. The summed E-state index contributed by atoms with van der Waals surface area (Å²) in [5.74, 6) is 3.25. The molecule has 38 heavy (non-hydrogen) atoms. The molecule has 2 aliphatic rings. The fraction of sp³-hybridized carbons (Fsp3) is 0.581. The van der Waals surface area contributed by atoms with Crippen molar-refractivity contribution in [2.75, 3.05) is 38.1 Å². The lowest BCUT2D eigenvalue weighted by atomic mass is 9.75. The molecule has 1 aromatic carbocycles. The van der Waals surface area contributed by atoms with Crippen molar-refractivity contribution < 1.29 is 14.3 Å². The van der Waals surface area contributed by atoms with Gasteiger partial charge in [-0.1, -0.05) is 52.0 Å². The van der Waals surface area contributed by atoms with Gasteiger partial charge in [0, 0.05) is 37.9 Å². The van der Waals surface area contributed by atoms with E-state index in [0.717, 1.165) is 29.9 Å². The molecule has 1 aliphatic heterocycles. The third-order valence-corrected chi connectivity index (χ3v) is 8.36. The Hall–Kier alpha value is -3.09. The summed E-state index contributed by atoms with van der Waals surface area (Å²) in [7, 11) is 0. The fourth-order valence-corrected chi connectivity index (χ4v) is 5.97. The third kappa shape index (κ3) is 7.95. The minimum atomic E-state index is -0.166. The molecule has 7 nitrogen and oxygen atoms in total. The number of hydrogen-bond acceptors (Lipinski definition) is 4. The van der Waals surface area contributed by atoms with E-state index in [0.29, 0.717) is 44.0 Å². The Labute approximate surface area is 228 Å². The maximum absolute atomic E-state index is 13.2. The van der Waals surface area contributed by atoms with Crippen LogP contribution in [0.25, 0.3) is 0 Å². The van der Waals surface area contributed by atoms with Crippen LogP contribution in [0.15, 0.2) is 48.8 Å². The average molecular weight is 521 g/mol. The molecule has 0 bridgehead atoms. The van der Waals surface area contributed by atoms with Crippen LogP contribution < -0.4 is 10.1 Å². The van der Waals surface area contributed by atoms with E-state index in [-0.39, 0.29) is 11.9 Å². The molecule has 2 atom stereocenters. The monoisotopic (exact) mass is 520 g/mol. The standard InChI is InChI=1S/C31H44N4O3/c1-3-24(4-2)20-26-9-5-8-25(21-26)13-19-38-29-12-6-10-27(22-29)30(36)34-15-17-35(18-16-34)31(37)33-28-11-7-14-32-23-28/h6-7,10-12,14,22-26H,3-5,8-9,13,15-21H2,1-2H3,(H,33,37). The second-order valence-electron chi connectivity index (χ2n) is 10.9.